The lowest BCUT2D eigenvalue weighted by molar-refractivity contribution is -0.0561. The monoisotopic (exact) mass is 601 g/mol. The summed E-state index contributed by atoms with van der Waals surface area (Å²) in [4.78, 5) is 9.39. The Morgan fingerprint density at radius 1 is 1.16 bits per heavy atom. The molecule has 0 aliphatic heterocycles. The number of aryl methyl sites for hydroxylation is 2. The fraction of sp³-hybridized carbons (Fsp3) is 0.391. The van der Waals surface area contributed by atoms with Gasteiger partial charge in [0.2, 0.25) is 0 Å². The summed E-state index contributed by atoms with van der Waals surface area (Å²) >= 11 is 5.93. The topological polar surface area (TPSA) is 58.0 Å². The van der Waals surface area contributed by atoms with Gasteiger partial charge in [-0.05, 0) is 90.9 Å². The Hall–Kier alpha value is -1.39. The molecule has 4 nitrogen and oxygen atoms in total. The van der Waals surface area contributed by atoms with Crippen molar-refractivity contribution in [1.82, 2.24) is 9.97 Å². The fourth-order valence-electron chi connectivity index (χ4n) is 4.44. The number of nitrogens with one attached hydrogen (secondary N) is 1. The highest BCUT2D eigenvalue weighted by Gasteiger charge is 2.35. The van der Waals surface area contributed by atoms with E-state index in [1.807, 2.05) is 19.9 Å². The Morgan fingerprint density at radius 3 is 2.55 bits per heavy atom. The summed E-state index contributed by atoms with van der Waals surface area (Å²) in [5, 5.41) is 13.6. The minimum Gasteiger partial charge on any atom is -0.390 e. The summed E-state index contributed by atoms with van der Waals surface area (Å²) in [5.41, 5.74) is 4.51. The Kier molecular flexibility index (Phi) is 6.02. The first kappa shape index (κ1) is 22.8. The van der Waals surface area contributed by atoms with E-state index in [2.05, 4.69) is 54.9 Å². The lowest BCUT2D eigenvalue weighted by Crippen LogP contribution is -2.28. The highest BCUT2D eigenvalue weighted by atomic mass is 127. The van der Waals surface area contributed by atoms with E-state index in [9.17, 15) is 8.78 Å². The van der Waals surface area contributed by atoms with E-state index < -0.39 is 16.1 Å². The van der Waals surface area contributed by atoms with E-state index in [4.69, 9.17) is 10.1 Å². The highest BCUT2D eigenvalue weighted by Crippen LogP contribution is 2.42. The molecule has 0 saturated heterocycles. The van der Waals surface area contributed by atoms with Crippen molar-refractivity contribution < 1.29 is 13.9 Å². The van der Waals surface area contributed by atoms with Gasteiger partial charge in [-0.25, -0.2) is 9.97 Å². The molecule has 0 amide bonds. The minimum absolute atomic E-state index is 0.165. The second kappa shape index (κ2) is 8.19. The number of rotatable bonds is 5. The van der Waals surface area contributed by atoms with E-state index in [0.29, 0.717) is 22.8 Å². The summed E-state index contributed by atoms with van der Waals surface area (Å²) in [5.74, 6) is -1.96. The molecule has 4 rings (SSSR count). The van der Waals surface area contributed by atoms with Gasteiger partial charge in [-0.1, -0.05) is 34.1 Å². The molecule has 1 atom stereocenters. The highest BCUT2D eigenvalue weighted by molar-refractivity contribution is 14.1. The normalized spacial score (nSPS) is 15.7. The maximum atomic E-state index is 14.3. The summed E-state index contributed by atoms with van der Waals surface area (Å²) in [6, 6.07) is 6.85. The molecule has 1 heterocycles. The number of aliphatic hydroxyl groups is 1. The van der Waals surface area contributed by atoms with E-state index in [1.165, 1.54) is 17.2 Å². The average Bonchev–Trinajstić information content (AvgIpc) is 3.19. The molecule has 164 valence electrons. The number of fused-ring (bicyclic) bond motifs is 3. The van der Waals surface area contributed by atoms with Crippen LogP contribution in [0.5, 0.6) is 0 Å². The fourth-order valence-corrected chi connectivity index (χ4v) is 5.95. The van der Waals surface area contributed by atoms with Crippen LogP contribution < -0.4 is 5.32 Å². The van der Waals surface area contributed by atoms with Crippen molar-refractivity contribution in [2.24, 2.45) is 0 Å². The van der Waals surface area contributed by atoms with Crippen molar-refractivity contribution >= 4 is 55.2 Å². The third kappa shape index (κ3) is 4.06. The Labute approximate surface area is 202 Å². The molecule has 1 aliphatic carbocycles. The number of nitrogens with zero attached hydrogens (tertiary/aromatic N) is 2. The number of hydrogen-bond acceptors (Lipinski definition) is 4. The Bertz CT molecular complexity index is 1180. The molecule has 0 radical (unpaired) electrons. The largest absolute Gasteiger partial charge is 0.390 e. The smallest absolute Gasteiger partial charge is 0.296 e. The average molecular weight is 602 g/mol. The van der Waals surface area contributed by atoms with E-state index >= 15 is 0 Å². The third-order valence-corrected chi connectivity index (χ3v) is 7.46. The molecule has 1 aromatic heterocycles. The predicted molar refractivity (Wildman–Crippen MR) is 131 cm³/mol. The van der Waals surface area contributed by atoms with Crippen molar-refractivity contribution in [1.29, 1.82) is 0 Å². The van der Waals surface area contributed by atoms with Gasteiger partial charge in [-0.2, -0.15) is 8.78 Å². The number of aromatic nitrogens is 2. The van der Waals surface area contributed by atoms with Gasteiger partial charge in [0, 0.05) is 15.4 Å². The van der Waals surface area contributed by atoms with E-state index in [-0.39, 0.29) is 5.56 Å². The zero-order chi connectivity index (χ0) is 22.6. The maximum absolute atomic E-state index is 14.3. The number of alkyl halides is 3. The van der Waals surface area contributed by atoms with Crippen LogP contribution in [-0.4, -0.2) is 21.7 Å². The van der Waals surface area contributed by atoms with E-state index in [0.717, 1.165) is 34.6 Å². The zero-order valence-corrected chi connectivity index (χ0v) is 21.2. The molecule has 1 aliphatic rings. The van der Waals surface area contributed by atoms with Gasteiger partial charge < -0.3 is 10.4 Å². The van der Waals surface area contributed by atoms with Gasteiger partial charge in [0.15, 0.2) is 0 Å². The van der Waals surface area contributed by atoms with E-state index in [1.54, 1.807) is 13.0 Å². The first-order valence-electron chi connectivity index (χ1n) is 10.1. The van der Waals surface area contributed by atoms with Crippen LogP contribution in [-0.2, 0) is 22.3 Å². The first-order chi connectivity index (χ1) is 14.5. The van der Waals surface area contributed by atoms with Crippen LogP contribution in [0.3, 0.4) is 0 Å². The maximum Gasteiger partial charge on any atom is 0.296 e. The SMILES string of the molecule is Cc1nc(NC(C)(I)c2cccc(C(F)(F)CO)c2C)c2cc(Br)c3c(c2n1)CCC3. The van der Waals surface area contributed by atoms with Crippen LogP contribution in [0, 0.1) is 13.8 Å². The molecule has 2 N–H and O–H groups in total. The molecule has 31 heavy (non-hydrogen) atoms. The van der Waals surface area contributed by atoms with Crippen LogP contribution in [0.4, 0.5) is 14.6 Å². The summed E-state index contributed by atoms with van der Waals surface area (Å²) in [7, 11) is 0. The number of anilines is 1. The Morgan fingerprint density at radius 2 is 1.84 bits per heavy atom. The van der Waals surface area contributed by atoms with Crippen molar-refractivity contribution in [3.63, 3.8) is 0 Å². The molecule has 0 saturated carbocycles. The lowest BCUT2D eigenvalue weighted by atomic mass is 9.94. The van der Waals surface area contributed by atoms with Crippen LogP contribution in [0.2, 0.25) is 0 Å². The van der Waals surface area contributed by atoms with Crippen LogP contribution in [0.25, 0.3) is 10.9 Å². The third-order valence-electron chi connectivity index (χ3n) is 5.91. The van der Waals surface area contributed by atoms with Crippen LogP contribution >= 0.6 is 38.5 Å². The molecule has 2 aromatic carbocycles. The van der Waals surface area contributed by atoms with Gasteiger partial charge in [0.25, 0.3) is 5.92 Å². The second-order valence-electron chi connectivity index (χ2n) is 8.15. The number of hydrogen-bond donors (Lipinski definition) is 2. The van der Waals surface area contributed by atoms with Crippen molar-refractivity contribution in [3.8, 4) is 0 Å². The molecular weight excluding hydrogens is 579 g/mol. The van der Waals surface area contributed by atoms with Gasteiger partial charge in [0.1, 0.15) is 21.8 Å². The van der Waals surface area contributed by atoms with Crippen molar-refractivity contribution in [3.05, 3.63) is 62.4 Å². The Balaban J connectivity index is 1.83. The lowest BCUT2D eigenvalue weighted by Gasteiger charge is -2.30. The molecule has 0 spiro atoms. The van der Waals surface area contributed by atoms with Crippen molar-refractivity contribution in [2.45, 2.75) is 49.5 Å². The number of benzene rings is 2. The summed E-state index contributed by atoms with van der Waals surface area (Å²) < 4.78 is 28.9. The summed E-state index contributed by atoms with van der Waals surface area (Å²) in [6.45, 7) is 4.24. The van der Waals surface area contributed by atoms with Gasteiger partial charge in [-0.15, -0.1) is 0 Å². The van der Waals surface area contributed by atoms with Crippen LogP contribution in [0.1, 0.15) is 47.0 Å². The quantitative estimate of drug-likeness (QED) is 0.205. The molecule has 3 aromatic rings. The number of halogens is 4. The molecular formula is C23H23BrF2IN3O. The number of aliphatic hydroxyl groups excluding tert-OH is 1. The van der Waals surface area contributed by atoms with Gasteiger partial charge in [-0.3, -0.25) is 0 Å². The second-order valence-corrected chi connectivity index (χ2v) is 11.2. The molecule has 1 unspecified atom stereocenters. The molecule has 0 bridgehead atoms. The molecule has 8 heteroatoms. The minimum atomic E-state index is -3.30. The predicted octanol–water partition coefficient (Wildman–Crippen LogP) is 6.30. The van der Waals surface area contributed by atoms with Gasteiger partial charge in [0.05, 0.1) is 5.52 Å². The standard InChI is InChI=1S/C23H23BrF2IN3O/c1-12-17(8-5-9-18(12)23(25,26)11-31)22(3,27)30-21-16-10-19(24)14-6-4-7-15(14)20(16)28-13(2)29-21/h5,8-10,31H,4,6-7,11H2,1-3H3,(H,28,29,30). The van der Waals surface area contributed by atoms with Crippen LogP contribution in [0.15, 0.2) is 28.7 Å². The molecule has 0 fully saturated rings. The van der Waals surface area contributed by atoms with Crippen molar-refractivity contribution in [2.75, 3.05) is 11.9 Å². The zero-order valence-electron chi connectivity index (χ0n) is 17.5. The summed E-state index contributed by atoms with van der Waals surface area (Å²) in [6.07, 6.45) is 3.13. The first-order valence-corrected chi connectivity index (χ1v) is 12.0. The van der Waals surface area contributed by atoms with Gasteiger partial charge >= 0.3 is 0 Å².